The van der Waals surface area contributed by atoms with Gasteiger partial charge in [0.05, 0.1) is 5.92 Å². The van der Waals surface area contributed by atoms with Gasteiger partial charge < -0.3 is 10.2 Å². The highest BCUT2D eigenvalue weighted by molar-refractivity contribution is 5.79. The first-order chi connectivity index (χ1) is 5.79. The fourth-order valence-electron chi connectivity index (χ4n) is 2.24. The van der Waals surface area contributed by atoms with Crippen molar-refractivity contribution >= 4 is 5.91 Å². The van der Waals surface area contributed by atoms with Gasteiger partial charge in [-0.25, -0.2) is 0 Å². The summed E-state index contributed by atoms with van der Waals surface area (Å²) in [7, 11) is 1.94. The van der Waals surface area contributed by atoms with E-state index in [4.69, 9.17) is 0 Å². The van der Waals surface area contributed by atoms with Gasteiger partial charge in [0.1, 0.15) is 0 Å². The molecule has 1 N–H and O–H groups in total. The summed E-state index contributed by atoms with van der Waals surface area (Å²) < 4.78 is 0. The van der Waals surface area contributed by atoms with Crippen LogP contribution in [-0.4, -0.2) is 37.0 Å². The Kier molecular flexibility index (Phi) is 2.05. The number of likely N-dealkylation sites (N-methyl/N-ethyl adjacent to an activating group) is 1. The zero-order valence-corrected chi connectivity index (χ0v) is 7.55. The second-order valence-electron chi connectivity index (χ2n) is 3.89. The van der Waals surface area contributed by atoms with E-state index in [0.717, 1.165) is 19.5 Å². The Hall–Kier alpha value is -0.570. The molecule has 0 saturated carbocycles. The van der Waals surface area contributed by atoms with Gasteiger partial charge in [-0.2, -0.15) is 0 Å². The number of nitrogens with zero attached hydrogens (tertiary/aromatic N) is 1. The van der Waals surface area contributed by atoms with Crippen LogP contribution >= 0.6 is 0 Å². The van der Waals surface area contributed by atoms with Crippen molar-refractivity contribution in [2.45, 2.75) is 25.3 Å². The molecule has 2 heterocycles. The average Bonchev–Trinajstić information content (AvgIpc) is 2.19. The monoisotopic (exact) mass is 168 g/mol. The molecule has 1 amide bonds. The highest BCUT2D eigenvalue weighted by Gasteiger charge is 2.32. The van der Waals surface area contributed by atoms with Crippen molar-refractivity contribution in [1.29, 1.82) is 0 Å². The van der Waals surface area contributed by atoms with Crippen molar-refractivity contribution in [2.24, 2.45) is 5.92 Å². The average molecular weight is 168 g/mol. The molecule has 0 aromatic rings. The fraction of sp³-hybridized carbons (Fsp3) is 0.889. The minimum atomic E-state index is 0.252. The lowest BCUT2D eigenvalue weighted by Gasteiger charge is -2.24. The summed E-state index contributed by atoms with van der Waals surface area (Å²) in [4.78, 5) is 13.7. The molecule has 2 fully saturated rings. The van der Waals surface area contributed by atoms with Crippen molar-refractivity contribution in [3.05, 3.63) is 0 Å². The molecule has 0 aliphatic carbocycles. The van der Waals surface area contributed by atoms with Gasteiger partial charge in [0, 0.05) is 26.2 Å². The van der Waals surface area contributed by atoms with Crippen LogP contribution < -0.4 is 5.32 Å². The van der Waals surface area contributed by atoms with Gasteiger partial charge in [0.2, 0.25) is 5.91 Å². The number of amides is 1. The van der Waals surface area contributed by atoms with E-state index in [-0.39, 0.29) is 5.92 Å². The summed E-state index contributed by atoms with van der Waals surface area (Å²) in [6.45, 7) is 1.87. The van der Waals surface area contributed by atoms with Gasteiger partial charge in [-0.15, -0.1) is 0 Å². The molecule has 2 bridgehead atoms. The van der Waals surface area contributed by atoms with E-state index in [9.17, 15) is 4.79 Å². The first-order valence-electron chi connectivity index (χ1n) is 4.76. The summed E-state index contributed by atoms with van der Waals surface area (Å²) in [5.41, 5.74) is 0. The number of carbonyl (C=O) groups excluding carboxylic acids is 1. The van der Waals surface area contributed by atoms with Crippen LogP contribution in [0.15, 0.2) is 0 Å². The number of hydrogen-bond acceptors (Lipinski definition) is 2. The Balaban J connectivity index is 2.22. The van der Waals surface area contributed by atoms with Gasteiger partial charge in [-0.05, 0) is 12.8 Å². The highest BCUT2D eigenvalue weighted by Crippen LogP contribution is 2.22. The zero-order chi connectivity index (χ0) is 8.55. The molecule has 2 aliphatic heterocycles. The van der Waals surface area contributed by atoms with Crippen LogP contribution in [0.4, 0.5) is 0 Å². The first kappa shape index (κ1) is 8.05. The molecule has 0 aromatic carbocycles. The Labute approximate surface area is 73.1 Å². The van der Waals surface area contributed by atoms with E-state index in [1.807, 2.05) is 11.9 Å². The molecule has 0 aromatic heterocycles. The number of nitrogens with one attached hydrogen (secondary N) is 1. The predicted molar refractivity (Wildman–Crippen MR) is 46.8 cm³/mol. The van der Waals surface area contributed by atoms with Crippen LogP contribution in [0.1, 0.15) is 19.3 Å². The van der Waals surface area contributed by atoms with Crippen molar-refractivity contribution in [2.75, 3.05) is 20.1 Å². The third-order valence-corrected chi connectivity index (χ3v) is 3.11. The van der Waals surface area contributed by atoms with Gasteiger partial charge in [0.15, 0.2) is 0 Å². The molecule has 0 radical (unpaired) electrons. The Morgan fingerprint density at radius 3 is 3.08 bits per heavy atom. The largest absolute Gasteiger partial charge is 0.341 e. The number of hydrogen-bond donors (Lipinski definition) is 1. The van der Waals surface area contributed by atoms with Crippen LogP contribution in [0.2, 0.25) is 0 Å². The van der Waals surface area contributed by atoms with Crippen molar-refractivity contribution in [3.63, 3.8) is 0 Å². The Bertz CT molecular complexity index is 179. The van der Waals surface area contributed by atoms with Crippen LogP contribution in [0.3, 0.4) is 0 Å². The maximum Gasteiger partial charge on any atom is 0.226 e. The SMILES string of the molecule is CN1C(=O)[C@H]2CCC[C@@H]1CNC2. The van der Waals surface area contributed by atoms with Gasteiger partial charge in [-0.3, -0.25) is 4.79 Å². The Morgan fingerprint density at radius 2 is 2.25 bits per heavy atom. The topological polar surface area (TPSA) is 32.3 Å². The standard InChI is InChI=1S/C9H16N2O/c1-11-8-4-2-3-7(9(11)12)5-10-6-8/h7-8,10H,2-6H2,1H3/t7-,8+/m0/s1. The normalized spacial score (nSPS) is 36.4. The van der Waals surface area contributed by atoms with E-state index < -0.39 is 0 Å². The van der Waals surface area contributed by atoms with Crippen LogP contribution in [0.5, 0.6) is 0 Å². The summed E-state index contributed by atoms with van der Waals surface area (Å²) >= 11 is 0. The molecule has 2 rings (SSSR count). The van der Waals surface area contributed by atoms with Crippen LogP contribution in [0.25, 0.3) is 0 Å². The van der Waals surface area contributed by atoms with E-state index in [1.54, 1.807) is 0 Å². The number of fused-ring (bicyclic) bond motifs is 3. The lowest BCUT2D eigenvalue weighted by atomic mass is 10.0. The molecule has 3 nitrogen and oxygen atoms in total. The molecule has 68 valence electrons. The molecule has 2 aliphatic rings. The predicted octanol–water partition coefficient (Wildman–Crippen LogP) is 0.217. The van der Waals surface area contributed by atoms with Gasteiger partial charge >= 0.3 is 0 Å². The zero-order valence-electron chi connectivity index (χ0n) is 7.55. The molecular formula is C9H16N2O. The minimum absolute atomic E-state index is 0.252. The smallest absolute Gasteiger partial charge is 0.226 e. The van der Waals surface area contributed by atoms with Crippen LogP contribution in [0, 0.1) is 5.92 Å². The van der Waals surface area contributed by atoms with E-state index >= 15 is 0 Å². The second-order valence-corrected chi connectivity index (χ2v) is 3.89. The molecular weight excluding hydrogens is 152 g/mol. The van der Waals surface area contributed by atoms with Crippen molar-refractivity contribution < 1.29 is 4.79 Å². The molecule has 2 saturated heterocycles. The second kappa shape index (κ2) is 3.05. The minimum Gasteiger partial charge on any atom is -0.341 e. The van der Waals surface area contributed by atoms with Crippen molar-refractivity contribution in [3.8, 4) is 0 Å². The third-order valence-electron chi connectivity index (χ3n) is 3.11. The quantitative estimate of drug-likeness (QED) is 0.561. The van der Waals surface area contributed by atoms with Gasteiger partial charge in [0.25, 0.3) is 0 Å². The third kappa shape index (κ3) is 1.22. The molecule has 2 atom stereocenters. The molecule has 0 spiro atoms. The molecule has 0 unspecified atom stereocenters. The highest BCUT2D eigenvalue weighted by atomic mass is 16.2. The van der Waals surface area contributed by atoms with Gasteiger partial charge in [-0.1, -0.05) is 6.42 Å². The van der Waals surface area contributed by atoms with E-state index in [1.165, 1.54) is 12.8 Å². The molecule has 3 heteroatoms. The number of rotatable bonds is 0. The lowest BCUT2D eigenvalue weighted by Crippen LogP contribution is -2.39. The lowest BCUT2D eigenvalue weighted by molar-refractivity contribution is -0.134. The number of carbonyl (C=O) groups is 1. The van der Waals surface area contributed by atoms with Crippen molar-refractivity contribution in [1.82, 2.24) is 10.2 Å². The first-order valence-corrected chi connectivity index (χ1v) is 4.76. The maximum atomic E-state index is 11.7. The van der Waals surface area contributed by atoms with E-state index in [0.29, 0.717) is 11.9 Å². The van der Waals surface area contributed by atoms with E-state index in [2.05, 4.69) is 5.32 Å². The summed E-state index contributed by atoms with van der Waals surface area (Å²) in [5.74, 6) is 0.602. The Morgan fingerprint density at radius 1 is 1.42 bits per heavy atom. The summed E-state index contributed by atoms with van der Waals surface area (Å²) in [6, 6.07) is 0.449. The summed E-state index contributed by atoms with van der Waals surface area (Å²) in [6.07, 6.45) is 3.46. The maximum absolute atomic E-state index is 11.7. The summed E-state index contributed by atoms with van der Waals surface area (Å²) in [5, 5.41) is 3.35. The fourth-order valence-corrected chi connectivity index (χ4v) is 2.24. The molecule has 12 heavy (non-hydrogen) atoms. The van der Waals surface area contributed by atoms with Crippen LogP contribution in [-0.2, 0) is 4.79 Å².